The molecule has 0 N–H and O–H groups in total. The van der Waals surface area contributed by atoms with Gasteiger partial charge in [0.05, 0.1) is 0 Å². The first-order valence-corrected chi connectivity index (χ1v) is 9.39. The fourth-order valence-corrected chi connectivity index (χ4v) is 4.87. The van der Waals surface area contributed by atoms with Crippen molar-refractivity contribution in [3.05, 3.63) is 0 Å². The molecular formula is C11H24S6. The van der Waals surface area contributed by atoms with Crippen LogP contribution in [-0.2, 0) is 0 Å². The average molecular weight is 349 g/mol. The summed E-state index contributed by atoms with van der Waals surface area (Å²) in [6.07, 6.45) is 4.12. The second-order valence-electron chi connectivity index (χ2n) is 4.56. The van der Waals surface area contributed by atoms with Crippen molar-refractivity contribution in [1.82, 2.24) is 0 Å². The lowest BCUT2D eigenvalue weighted by atomic mass is 9.81. The Morgan fingerprint density at radius 2 is 1.06 bits per heavy atom. The molecule has 0 saturated carbocycles. The molecule has 2 unspecified atom stereocenters. The topological polar surface area (TPSA) is 0 Å². The van der Waals surface area contributed by atoms with Crippen LogP contribution in [0.3, 0.4) is 0 Å². The lowest BCUT2D eigenvalue weighted by Gasteiger charge is -2.35. The Morgan fingerprint density at radius 3 is 1.29 bits per heavy atom. The molecule has 0 aromatic heterocycles. The summed E-state index contributed by atoms with van der Waals surface area (Å²) in [5, 5.41) is 0.756. The summed E-state index contributed by atoms with van der Waals surface area (Å²) in [5.74, 6) is 3.43. The van der Waals surface area contributed by atoms with Crippen molar-refractivity contribution in [1.29, 1.82) is 0 Å². The van der Waals surface area contributed by atoms with Gasteiger partial charge in [-0.05, 0) is 54.1 Å². The van der Waals surface area contributed by atoms with Crippen LogP contribution >= 0.6 is 75.8 Å². The minimum absolute atomic E-state index is 0.136. The van der Waals surface area contributed by atoms with Crippen molar-refractivity contribution < 1.29 is 0 Å². The Labute approximate surface area is 139 Å². The highest BCUT2D eigenvalue weighted by atomic mass is 32.1. The zero-order valence-electron chi connectivity index (χ0n) is 9.99. The van der Waals surface area contributed by atoms with Gasteiger partial charge in [0.2, 0.25) is 0 Å². The molecule has 0 heterocycles. The van der Waals surface area contributed by atoms with Crippen molar-refractivity contribution >= 4 is 75.8 Å². The first kappa shape index (κ1) is 19.1. The van der Waals surface area contributed by atoms with Gasteiger partial charge in [-0.15, -0.1) is 0 Å². The molecule has 0 nitrogen and oxygen atoms in total. The maximum Gasteiger partial charge on any atom is 0.00304 e. The van der Waals surface area contributed by atoms with Gasteiger partial charge in [0.15, 0.2) is 0 Å². The number of hydrogen-bond donors (Lipinski definition) is 6. The molecule has 17 heavy (non-hydrogen) atoms. The van der Waals surface area contributed by atoms with Gasteiger partial charge in [-0.2, -0.15) is 75.8 Å². The zero-order chi connectivity index (χ0) is 13.3. The molecule has 0 bridgehead atoms. The fraction of sp³-hybridized carbons (Fsp3) is 1.00. The molecular weight excluding hydrogens is 325 g/mol. The maximum atomic E-state index is 4.63. The summed E-state index contributed by atoms with van der Waals surface area (Å²) in [6, 6.07) is 0. The third-order valence-electron chi connectivity index (χ3n) is 2.93. The van der Waals surface area contributed by atoms with E-state index in [4.69, 9.17) is 0 Å². The van der Waals surface area contributed by atoms with E-state index in [1.54, 1.807) is 0 Å². The fourth-order valence-electron chi connectivity index (χ4n) is 1.89. The Kier molecular flexibility index (Phi) is 12.2. The summed E-state index contributed by atoms with van der Waals surface area (Å²) in [5.41, 5.74) is 0.136. The van der Waals surface area contributed by atoms with E-state index >= 15 is 0 Å². The Bertz CT molecular complexity index is 167. The molecule has 0 fully saturated rings. The van der Waals surface area contributed by atoms with Crippen LogP contribution in [0.2, 0.25) is 0 Å². The van der Waals surface area contributed by atoms with Crippen LogP contribution in [0.1, 0.15) is 25.7 Å². The zero-order valence-corrected chi connectivity index (χ0v) is 15.4. The highest BCUT2D eigenvalue weighted by Gasteiger charge is 2.31. The Hall–Kier alpha value is 2.10. The number of thiol groups is 6. The van der Waals surface area contributed by atoms with Gasteiger partial charge in [0.1, 0.15) is 0 Å². The van der Waals surface area contributed by atoms with Crippen LogP contribution in [0.5, 0.6) is 0 Å². The molecule has 0 spiro atoms. The summed E-state index contributed by atoms with van der Waals surface area (Å²) >= 11 is 26.8. The molecule has 0 aromatic rings. The molecule has 104 valence electrons. The van der Waals surface area contributed by atoms with Crippen LogP contribution in [-0.4, -0.2) is 33.5 Å². The van der Waals surface area contributed by atoms with E-state index in [0.29, 0.717) is 10.5 Å². The molecule has 0 rings (SSSR count). The van der Waals surface area contributed by atoms with E-state index in [1.165, 1.54) is 0 Å². The number of rotatable bonds is 10. The van der Waals surface area contributed by atoms with E-state index in [2.05, 4.69) is 75.8 Å². The SMILES string of the molecule is SCCC(S)CC(CS)(CS)CC(S)CCS. The maximum absolute atomic E-state index is 4.63. The summed E-state index contributed by atoms with van der Waals surface area (Å²) in [7, 11) is 0. The first-order chi connectivity index (χ1) is 8.03. The van der Waals surface area contributed by atoms with E-state index in [0.717, 1.165) is 48.7 Å². The molecule has 0 aliphatic heterocycles. The second kappa shape index (κ2) is 10.8. The van der Waals surface area contributed by atoms with Crippen molar-refractivity contribution in [2.75, 3.05) is 23.0 Å². The van der Waals surface area contributed by atoms with Gasteiger partial charge in [-0.1, -0.05) is 0 Å². The molecule has 0 saturated heterocycles. The van der Waals surface area contributed by atoms with Gasteiger partial charge in [-0.25, -0.2) is 0 Å². The largest absolute Gasteiger partial charge is 0.179 e. The predicted molar refractivity (Wildman–Crippen MR) is 102 cm³/mol. The summed E-state index contributed by atoms with van der Waals surface area (Å²) in [4.78, 5) is 0. The van der Waals surface area contributed by atoms with Crippen LogP contribution < -0.4 is 0 Å². The van der Waals surface area contributed by atoms with Crippen LogP contribution in [0.25, 0.3) is 0 Å². The lowest BCUT2D eigenvalue weighted by Crippen LogP contribution is -2.32. The molecule has 0 aliphatic rings. The standard InChI is InChI=1S/C11H24S6/c12-3-1-9(16)5-11(7-14,8-15)6-10(17)2-4-13/h9-10,12-17H,1-8H2. The summed E-state index contributed by atoms with van der Waals surface area (Å²) in [6.45, 7) is 0. The third-order valence-corrected chi connectivity index (χ3v) is 5.67. The van der Waals surface area contributed by atoms with Crippen LogP contribution in [0, 0.1) is 5.41 Å². The predicted octanol–water partition coefficient (Wildman–Crippen LogP) is 3.85. The molecule has 0 amide bonds. The molecule has 0 aromatic carbocycles. The van der Waals surface area contributed by atoms with Gasteiger partial charge in [0, 0.05) is 10.5 Å². The first-order valence-electron chi connectivity index (χ1n) is 5.83. The molecule has 6 heteroatoms. The van der Waals surface area contributed by atoms with E-state index in [1.807, 2.05) is 0 Å². The van der Waals surface area contributed by atoms with E-state index < -0.39 is 0 Å². The van der Waals surface area contributed by atoms with Gasteiger partial charge < -0.3 is 0 Å². The van der Waals surface area contributed by atoms with Gasteiger partial charge in [-0.3, -0.25) is 0 Å². The van der Waals surface area contributed by atoms with E-state index in [-0.39, 0.29) is 5.41 Å². The quantitative estimate of drug-likeness (QED) is 0.318. The monoisotopic (exact) mass is 348 g/mol. The normalized spacial score (nSPS) is 15.9. The third kappa shape index (κ3) is 8.08. The molecule has 0 radical (unpaired) electrons. The second-order valence-corrected chi connectivity index (χ2v) is 7.54. The van der Waals surface area contributed by atoms with Crippen LogP contribution in [0.15, 0.2) is 0 Å². The smallest absolute Gasteiger partial charge is 0.00304 e. The Morgan fingerprint density at radius 1 is 0.706 bits per heavy atom. The molecule has 2 atom stereocenters. The average Bonchev–Trinajstić information content (AvgIpc) is 2.28. The van der Waals surface area contributed by atoms with Crippen LogP contribution in [0.4, 0.5) is 0 Å². The highest BCUT2D eigenvalue weighted by molar-refractivity contribution is 7.82. The van der Waals surface area contributed by atoms with Crippen molar-refractivity contribution in [3.63, 3.8) is 0 Å². The lowest BCUT2D eigenvalue weighted by molar-refractivity contribution is 0.317. The number of hydrogen-bond acceptors (Lipinski definition) is 6. The van der Waals surface area contributed by atoms with Crippen molar-refractivity contribution in [3.8, 4) is 0 Å². The van der Waals surface area contributed by atoms with E-state index in [9.17, 15) is 0 Å². The Balaban J connectivity index is 4.43. The molecule has 0 aliphatic carbocycles. The van der Waals surface area contributed by atoms with Gasteiger partial charge in [0.25, 0.3) is 0 Å². The highest BCUT2D eigenvalue weighted by Crippen LogP contribution is 2.36. The van der Waals surface area contributed by atoms with Crippen molar-refractivity contribution in [2.45, 2.75) is 36.2 Å². The van der Waals surface area contributed by atoms with Gasteiger partial charge >= 0.3 is 0 Å². The minimum atomic E-state index is 0.136. The summed E-state index contributed by atoms with van der Waals surface area (Å²) < 4.78 is 0. The van der Waals surface area contributed by atoms with Crippen molar-refractivity contribution in [2.24, 2.45) is 5.41 Å². The minimum Gasteiger partial charge on any atom is -0.179 e.